The fraction of sp³-hybridized carbons (Fsp3) is 0.643. The van der Waals surface area contributed by atoms with E-state index in [9.17, 15) is 4.79 Å². The summed E-state index contributed by atoms with van der Waals surface area (Å²) >= 11 is 1.70. The Morgan fingerprint density at radius 3 is 3.00 bits per heavy atom. The molecule has 1 aliphatic carbocycles. The number of nitrogens with one attached hydrogen (secondary N) is 2. The van der Waals surface area contributed by atoms with Gasteiger partial charge in [-0.3, -0.25) is 4.79 Å². The fourth-order valence-electron chi connectivity index (χ4n) is 2.68. The van der Waals surface area contributed by atoms with Crippen LogP contribution < -0.4 is 10.6 Å². The van der Waals surface area contributed by atoms with Gasteiger partial charge in [-0.15, -0.1) is 11.3 Å². The molecule has 100 valence electrons. The van der Waals surface area contributed by atoms with E-state index in [2.05, 4.69) is 17.6 Å². The van der Waals surface area contributed by atoms with Gasteiger partial charge in [0.2, 0.25) is 5.91 Å². The number of hydrogen-bond donors (Lipinski definition) is 2. The predicted octanol–water partition coefficient (Wildman–Crippen LogP) is 3.23. The van der Waals surface area contributed by atoms with Crippen LogP contribution in [0.4, 0.5) is 5.69 Å². The standard InChI is InChI=1S/C14H22N2OS/c1-10-3-4-12(7-10)8-15-9-14-13(5-6-18-14)16-11(2)17/h5-6,10,12,15H,3-4,7-9H2,1-2H3,(H,16,17). The maximum Gasteiger partial charge on any atom is 0.221 e. The Balaban J connectivity index is 1.76. The molecule has 2 atom stereocenters. The molecule has 1 heterocycles. The summed E-state index contributed by atoms with van der Waals surface area (Å²) in [6.07, 6.45) is 4.09. The minimum absolute atomic E-state index is 0.000678. The van der Waals surface area contributed by atoms with Crippen LogP contribution in [0.2, 0.25) is 0 Å². The molecule has 2 unspecified atom stereocenters. The van der Waals surface area contributed by atoms with Gasteiger partial charge < -0.3 is 10.6 Å². The van der Waals surface area contributed by atoms with E-state index >= 15 is 0 Å². The highest BCUT2D eigenvalue weighted by atomic mass is 32.1. The Bertz CT molecular complexity index is 402. The highest BCUT2D eigenvalue weighted by molar-refractivity contribution is 7.10. The summed E-state index contributed by atoms with van der Waals surface area (Å²) in [6.45, 7) is 5.85. The van der Waals surface area contributed by atoms with Crippen LogP contribution in [0, 0.1) is 11.8 Å². The second-order valence-corrected chi connectivity index (χ2v) is 6.35. The zero-order valence-corrected chi connectivity index (χ0v) is 12.0. The molecule has 0 bridgehead atoms. The van der Waals surface area contributed by atoms with Gasteiger partial charge in [-0.2, -0.15) is 0 Å². The molecule has 1 aromatic heterocycles. The fourth-order valence-corrected chi connectivity index (χ4v) is 3.48. The number of anilines is 1. The lowest BCUT2D eigenvalue weighted by Crippen LogP contribution is -2.21. The number of hydrogen-bond acceptors (Lipinski definition) is 3. The van der Waals surface area contributed by atoms with Crippen LogP contribution in [0.15, 0.2) is 11.4 Å². The lowest BCUT2D eigenvalue weighted by molar-refractivity contribution is -0.114. The van der Waals surface area contributed by atoms with E-state index in [-0.39, 0.29) is 5.91 Å². The molecule has 2 rings (SSSR count). The van der Waals surface area contributed by atoms with Gasteiger partial charge in [0.1, 0.15) is 0 Å². The van der Waals surface area contributed by atoms with E-state index in [1.54, 1.807) is 18.3 Å². The Labute approximate surface area is 113 Å². The predicted molar refractivity (Wildman–Crippen MR) is 76.8 cm³/mol. The van der Waals surface area contributed by atoms with E-state index in [0.717, 1.165) is 30.6 Å². The van der Waals surface area contributed by atoms with Gasteiger partial charge in [0, 0.05) is 18.3 Å². The van der Waals surface area contributed by atoms with Crippen LogP contribution in [-0.2, 0) is 11.3 Å². The van der Waals surface area contributed by atoms with Crippen molar-refractivity contribution >= 4 is 22.9 Å². The van der Waals surface area contributed by atoms with Crippen LogP contribution in [0.5, 0.6) is 0 Å². The van der Waals surface area contributed by atoms with Crippen LogP contribution >= 0.6 is 11.3 Å². The molecule has 0 saturated heterocycles. The molecule has 18 heavy (non-hydrogen) atoms. The van der Waals surface area contributed by atoms with Gasteiger partial charge in [0.25, 0.3) is 0 Å². The van der Waals surface area contributed by atoms with E-state index in [1.807, 2.05) is 11.4 Å². The molecule has 0 aliphatic heterocycles. The largest absolute Gasteiger partial charge is 0.325 e. The van der Waals surface area contributed by atoms with E-state index in [4.69, 9.17) is 0 Å². The maximum atomic E-state index is 11.1. The second kappa shape index (κ2) is 6.34. The monoisotopic (exact) mass is 266 g/mol. The summed E-state index contributed by atoms with van der Waals surface area (Å²) in [7, 11) is 0. The Hall–Kier alpha value is -0.870. The Morgan fingerprint density at radius 2 is 2.33 bits per heavy atom. The molecule has 4 heteroatoms. The van der Waals surface area contributed by atoms with Crippen molar-refractivity contribution in [2.24, 2.45) is 11.8 Å². The number of thiophene rings is 1. The smallest absolute Gasteiger partial charge is 0.221 e. The summed E-state index contributed by atoms with van der Waals surface area (Å²) in [5.41, 5.74) is 0.958. The summed E-state index contributed by atoms with van der Waals surface area (Å²) in [5.74, 6) is 1.73. The number of rotatable bonds is 5. The van der Waals surface area contributed by atoms with Gasteiger partial charge in [-0.25, -0.2) is 0 Å². The highest BCUT2D eigenvalue weighted by Crippen LogP contribution is 2.30. The summed E-state index contributed by atoms with van der Waals surface area (Å²) in [5, 5.41) is 8.42. The molecular weight excluding hydrogens is 244 g/mol. The van der Waals surface area contributed by atoms with E-state index in [0.29, 0.717) is 0 Å². The molecule has 0 spiro atoms. The van der Waals surface area contributed by atoms with Crippen molar-refractivity contribution in [2.75, 3.05) is 11.9 Å². The van der Waals surface area contributed by atoms with Crippen LogP contribution in [-0.4, -0.2) is 12.5 Å². The van der Waals surface area contributed by atoms with Crippen LogP contribution in [0.3, 0.4) is 0 Å². The van der Waals surface area contributed by atoms with Gasteiger partial charge in [0.15, 0.2) is 0 Å². The average Bonchev–Trinajstić information content (AvgIpc) is 2.88. The van der Waals surface area contributed by atoms with Gasteiger partial charge in [-0.05, 0) is 42.7 Å². The molecule has 1 amide bonds. The minimum Gasteiger partial charge on any atom is -0.325 e. The first-order chi connectivity index (χ1) is 8.65. The first kappa shape index (κ1) is 13.6. The minimum atomic E-state index is -0.000678. The SMILES string of the molecule is CC(=O)Nc1ccsc1CNCC1CCC(C)C1. The zero-order chi connectivity index (χ0) is 13.0. The van der Waals surface area contributed by atoms with Crippen molar-refractivity contribution in [3.63, 3.8) is 0 Å². The van der Waals surface area contributed by atoms with Crippen molar-refractivity contribution in [3.05, 3.63) is 16.3 Å². The summed E-state index contributed by atoms with van der Waals surface area (Å²) in [4.78, 5) is 12.3. The third kappa shape index (κ3) is 3.82. The molecule has 1 fully saturated rings. The van der Waals surface area contributed by atoms with Gasteiger partial charge in [-0.1, -0.05) is 13.3 Å². The molecule has 1 saturated carbocycles. The number of carbonyl (C=O) groups is 1. The first-order valence-corrected chi connectivity index (χ1v) is 7.57. The first-order valence-electron chi connectivity index (χ1n) is 6.70. The maximum absolute atomic E-state index is 11.1. The summed E-state index contributed by atoms with van der Waals surface area (Å²) < 4.78 is 0. The second-order valence-electron chi connectivity index (χ2n) is 5.35. The lowest BCUT2D eigenvalue weighted by Gasteiger charge is -2.11. The zero-order valence-electron chi connectivity index (χ0n) is 11.2. The normalized spacial score (nSPS) is 23.2. The lowest BCUT2D eigenvalue weighted by atomic mass is 10.1. The molecule has 0 radical (unpaired) electrons. The van der Waals surface area contributed by atoms with Crippen molar-refractivity contribution in [1.29, 1.82) is 0 Å². The van der Waals surface area contributed by atoms with Crippen molar-refractivity contribution in [2.45, 2.75) is 39.7 Å². The molecule has 0 aromatic carbocycles. The summed E-state index contributed by atoms with van der Waals surface area (Å²) in [6, 6.07) is 1.97. The topological polar surface area (TPSA) is 41.1 Å². The molecule has 1 aliphatic rings. The number of carbonyl (C=O) groups excluding carboxylic acids is 1. The third-order valence-electron chi connectivity index (χ3n) is 3.58. The van der Waals surface area contributed by atoms with E-state index in [1.165, 1.54) is 24.1 Å². The average molecular weight is 266 g/mol. The van der Waals surface area contributed by atoms with Crippen LogP contribution in [0.1, 0.15) is 38.0 Å². The van der Waals surface area contributed by atoms with Gasteiger partial charge in [0.05, 0.1) is 5.69 Å². The van der Waals surface area contributed by atoms with Crippen molar-refractivity contribution in [1.82, 2.24) is 5.32 Å². The van der Waals surface area contributed by atoms with E-state index < -0.39 is 0 Å². The molecule has 2 N–H and O–H groups in total. The van der Waals surface area contributed by atoms with Crippen LogP contribution in [0.25, 0.3) is 0 Å². The third-order valence-corrected chi connectivity index (χ3v) is 4.50. The Morgan fingerprint density at radius 1 is 1.50 bits per heavy atom. The van der Waals surface area contributed by atoms with Crippen molar-refractivity contribution < 1.29 is 4.79 Å². The van der Waals surface area contributed by atoms with Gasteiger partial charge >= 0.3 is 0 Å². The molecule has 3 nitrogen and oxygen atoms in total. The number of amides is 1. The molecular formula is C14H22N2OS. The van der Waals surface area contributed by atoms with Crippen molar-refractivity contribution in [3.8, 4) is 0 Å². The highest BCUT2D eigenvalue weighted by Gasteiger charge is 2.20. The quantitative estimate of drug-likeness (QED) is 0.859. The Kier molecular flexibility index (Phi) is 4.78. The molecule has 1 aromatic rings.